The van der Waals surface area contributed by atoms with E-state index in [1.807, 2.05) is 47.4 Å². The molecule has 2 fully saturated rings. The van der Waals surface area contributed by atoms with Crippen LogP contribution in [0.5, 0.6) is 0 Å². The first-order valence-corrected chi connectivity index (χ1v) is 11.2. The number of hydrogen-bond acceptors (Lipinski definition) is 2. The Balaban J connectivity index is 1.56. The molecule has 4 heteroatoms. The van der Waals surface area contributed by atoms with Gasteiger partial charge >= 0.3 is 0 Å². The first-order valence-electron chi connectivity index (χ1n) is 11.2. The van der Waals surface area contributed by atoms with E-state index in [1.165, 1.54) is 32.6 Å². The fourth-order valence-corrected chi connectivity index (χ4v) is 4.57. The molecule has 158 valence electrons. The van der Waals surface area contributed by atoms with E-state index in [1.54, 1.807) is 0 Å². The van der Waals surface area contributed by atoms with Crippen molar-refractivity contribution in [1.82, 2.24) is 4.90 Å². The lowest BCUT2D eigenvalue weighted by Gasteiger charge is -2.32. The third-order valence-electron chi connectivity index (χ3n) is 6.54. The zero-order valence-corrected chi connectivity index (χ0v) is 18.0. The van der Waals surface area contributed by atoms with E-state index >= 15 is 0 Å². The summed E-state index contributed by atoms with van der Waals surface area (Å²) in [6.45, 7) is 4.21. The number of anilines is 1. The van der Waals surface area contributed by atoms with Crippen LogP contribution in [0.25, 0.3) is 0 Å². The van der Waals surface area contributed by atoms with Gasteiger partial charge in [-0.15, -0.1) is 0 Å². The summed E-state index contributed by atoms with van der Waals surface area (Å²) in [6.07, 6.45) is 5.84. The fourth-order valence-electron chi connectivity index (χ4n) is 4.57. The van der Waals surface area contributed by atoms with Crippen molar-refractivity contribution in [2.24, 2.45) is 17.8 Å². The molecule has 0 saturated heterocycles. The number of hydrogen-bond donors (Lipinski definition) is 1. The van der Waals surface area contributed by atoms with Crippen LogP contribution in [0.1, 0.15) is 63.1 Å². The summed E-state index contributed by atoms with van der Waals surface area (Å²) in [4.78, 5) is 27.0. The molecule has 30 heavy (non-hydrogen) atoms. The highest BCUT2D eigenvalue weighted by Crippen LogP contribution is 2.51. The molecule has 2 amide bonds. The van der Waals surface area contributed by atoms with Gasteiger partial charge in [0.2, 0.25) is 11.8 Å². The number of amides is 2. The number of nitrogens with zero attached hydrogens (tertiary/aromatic N) is 1. The number of nitrogens with one attached hydrogen (secondary N) is 1. The summed E-state index contributed by atoms with van der Waals surface area (Å²) < 4.78 is 0. The molecule has 0 bridgehead atoms. The van der Waals surface area contributed by atoms with Gasteiger partial charge in [-0.2, -0.15) is 0 Å². The lowest BCUT2D eigenvalue weighted by molar-refractivity contribution is -0.135. The minimum atomic E-state index is -0.0891. The van der Waals surface area contributed by atoms with E-state index in [4.69, 9.17) is 0 Å². The molecule has 4 nitrogen and oxygen atoms in total. The van der Waals surface area contributed by atoms with Crippen molar-refractivity contribution < 1.29 is 9.59 Å². The quantitative estimate of drug-likeness (QED) is 0.595. The molecule has 4 rings (SSSR count). The van der Waals surface area contributed by atoms with Gasteiger partial charge in [0.15, 0.2) is 0 Å². The second kappa shape index (κ2) is 9.03. The number of carbonyl (C=O) groups is 2. The maximum absolute atomic E-state index is 13.6. The van der Waals surface area contributed by atoms with Gasteiger partial charge in [-0.05, 0) is 73.6 Å². The third kappa shape index (κ3) is 5.29. The summed E-state index contributed by atoms with van der Waals surface area (Å²) >= 11 is 0. The predicted octanol–water partition coefficient (Wildman–Crippen LogP) is 5.56. The third-order valence-corrected chi connectivity index (χ3v) is 6.54. The number of benzene rings is 2. The van der Waals surface area contributed by atoms with Crippen molar-refractivity contribution in [2.75, 3.05) is 5.32 Å². The molecule has 0 aliphatic heterocycles. The molecule has 2 aromatic carbocycles. The Labute approximate surface area is 179 Å². The van der Waals surface area contributed by atoms with E-state index in [-0.39, 0.29) is 17.9 Å². The standard InChI is InChI=1S/C26H32N2O2/c1-18(23-9-6-10-24(15-23)27-19(2)29)28(17-20-7-4-3-5-8-20)26(30)16-25(21-11-12-21)22-13-14-22/h3-10,15,18,21-22,25H,11-14,16-17H2,1-2H3,(H,27,29). The maximum atomic E-state index is 13.6. The highest BCUT2D eigenvalue weighted by Gasteiger charge is 2.43. The van der Waals surface area contributed by atoms with Gasteiger partial charge in [-0.1, -0.05) is 42.5 Å². The van der Waals surface area contributed by atoms with Gasteiger partial charge < -0.3 is 10.2 Å². The molecule has 1 atom stereocenters. The van der Waals surface area contributed by atoms with Crippen molar-refractivity contribution in [3.05, 3.63) is 65.7 Å². The predicted molar refractivity (Wildman–Crippen MR) is 120 cm³/mol. The first-order chi connectivity index (χ1) is 14.5. The largest absolute Gasteiger partial charge is 0.332 e. The smallest absolute Gasteiger partial charge is 0.223 e. The average molecular weight is 405 g/mol. The Morgan fingerprint density at radius 2 is 1.67 bits per heavy atom. The summed E-state index contributed by atoms with van der Waals surface area (Å²) in [5.74, 6) is 2.25. The average Bonchev–Trinajstić information content (AvgIpc) is 3.63. The van der Waals surface area contributed by atoms with E-state index in [0.717, 1.165) is 28.7 Å². The summed E-state index contributed by atoms with van der Waals surface area (Å²) in [6, 6.07) is 18.0. The molecule has 2 aliphatic carbocycles. The molecule has 1 unspecified atom stereocenters. The summed E-state index contributed by atoms with van der Waals surface area (Å²) in [5.41, 5.74) is 2.96. The van der Waals surface area contributed by atoms with E-state index in [9.17, 15) is 9.59 Å². The molecule has 2 aromatic rings. The second-order valence-corrected chi connectivity index (χ2v) is 9.03. The van der Waals surface area contributed by atoms with Crippen LogP contribution in [-0.4, -0.2) is 16.7 Å². The van der Waals surface area contributed by atoms with Crippen molar-refractivity contribution >= 4 is 17.5 Å². The summed E-state index contributed by atoms with van der Waals surface area (Å²) in [7, 11) is 0. The van der Waals surface area contributed by atoms with Gasteiger partial charge in [0, 0.05) is 25.6 Å². The highest BCUT2D eigenvalue weighted by atomic mass is 16.2. The van der Waals surface area contributed by atoms with Crippen LogP contribution in [0.2, 0.25) is 0 Å². The van der Waals surface area contributed by atoms with Crippen molar-refractivity contribution in [1.29, 1.82) is 0 Å². The van der Waals surface area contributed by atoms with Gasteiger partial charge in [-0.3, -0.25) is 9.59 Å². The van der Waals surface area contributed by atoms with Gasteiger partial charge in [0.05, 0.1) is 6.04 Å². The maximum Gasteiger partial charge on any atom is 0.223 e. The van der Waals surface area contributed by atoms with E-state index in [2.05, 4.69) is 24.4 Å². The second-order valence-electron chi connectivity index (χ2n) is 9.03. The summed E-state index contributed by atoms with van der Waals surface area (Å²) in [5, 5.41) is 2.85. The molecule has 0 radical (unpaired) electrons. The number of carbonyl (C=O) groups excluding carboxylic acids is 2. The van der Waals surface area contributed by atoms with Gasteiger partial charge in [-0.25, -0.2) is 0 Å². The Hall–Kier alpha value is -2.62. The van der Waals surface area contributed by atoms with E-state index in [0.29, 0.717) is 18.9 Å². The first kappa shape index (κ1) is 20.6. The van der Waals surface area contributed by atoms with Crippen LogP contribution < -0.4 is 5.32 Å². The highest BCUT2D eigenvalue weighted by molar-refractivity contribution is 5.88. The number of rotatable bonds is 9. The monoisotopic (exact) mass is 404 g/mol. The topological polar surface area (TPSA) is 49.4 Å². The lowest BCUT2D eigenvalue weighted by Crippen LogP contribution is -2.35. The van der Waals surface area contributed by atoms with Crippen LogP contribution in [-0.2, 0) is 16.1 Å². The van der Waals surface area contributed by atoms with Gasteiger partial charge in [0.25, 0.3) is 0 Å². The zero-order valence-electron chi connectivity index (χ0n) is 18.0. The fraction of sp³-hybridized carbons (Fsp3) is 0.462. The molecule has 1 N–H and O–H groups in total. The molecular formula is C26H32N2O2. The van der Waals surface area contributed by atoms with E-state index < -0.39 is 0 Å². The molecule has 0 aromatic heterocycles. The Kier molecular flexibility index (Phi) is 6.21. The van der Waals surface area contributed by atoms with Crippen molar-refractivity contribution in [3.63, 3.8) is 0 Å². The van der Waals surface area contributed by atoms with Crippen LogP contribution in [0.15, 0.2) is 54.6 Å². The van der Waals surface area contributed by atoms with Crippen molar-refractivity contribution in [2.45, 2.75) is 58.5 Å². The minimum Gasteiger partial charge on any atom is -0.332 e. The Morgan fingerprint density at radius 1 is 1.00 bits per heavy atom. The zero-order chi connectivity index (χ0) is 21.1. The molecule has 2 saturated carbocycles. The molecule has 2 aliphatic rings. The molecule has 0 spiro atoms. The molecular weight excluding hydrogens is 372 g/mol. The lowest BCUT2D eigenvalue weighted by atomic mass is 9.92. The van der Waals surface area contributed by atoms with Gasteiger partial charge in [0.1, 0.15) is 0 Å². The van der Waals surface area contributed by atoms with Crippen molar-refractivity contribution in [3.8, 4) is 0 Å². The normalized spacial score (nSPS) is 16.9. The van der Waals surface area contributed by atoms with Crippen LogP contribution in [0, 0.1) is 17.8 Å². The van der Waals surface area contributed by atoms with Crippen LogP contribution in [0.4, 0.5) is 5.69 Å². The SMILES string of the molecule is CC(=O)Nc1cccc(C(C)N(Cc2ccccc2)C(=O)CC(C2CC2)C2CC2)c1. The Bertz CT molecular complexity index is 875. The Morgan fingerprint density at radius 3 is 2.27 bits per heavy atom. The molecule has 0 heterocycles. The van der Waals surface area contributed by atoms with Crippen LogP contribution >= 0.6 is 0 Å². The minimum absolute atomic E-state index is 0.0644. The van der Waals surface area contributed by atoms with Crippen LogP contribution in [0.3, 0.4) is 0 Å².